The number of azo groups is 1. The van der Waals surface area contributed by atoms with Gasteiger partial charge in [0.05, 0.1) is 11.4 Å². The fourth-order valence-corrected chi connectivity index (χ4v) is 4.25. The second-order valence-electron chi connectivity index (χ2n) is 8.58. The van der Waals surface area contributed by atoms with E-state index in [0.29, 0.717) is 33.7 Å². The van der Waals surface area contributed by atoms with Crippen LogP contribution in [0.3, 0.4) is 0 Å². The molecule has 5 rings (SSSR count). The average Bonchev–Trinajstić information content (AvgIpc) is 2.83. The lowest BCUT2D eigenvalue weighted by Crippen LogP contribution is -2.12. The first-order valence-corrected chi connectivity index (χ1v) is 11.2. The van der Waals surface area contributed by atoms with Crippen molar-refractivity contribution in [3.8, 4) is 5.75 Å². The number of rotatable bonds is 4. The molecular weight excluding hydrogens is 448 g/mol. The summed E-state index contributed by atoms with van der Waals surface area (Å²) < 4.78 is 0. The minimum Gasteiger partial charge on any atom is -0.505 e. The van der Waals surface area contributed by atoms with Gasteiger partial charge in [0.15, 0.2) is 5.75 Å². The van der Waals surface area contributed by atoms with E-state index < -0.39 is 0 Å². The summed E-state index contributed by atoms with van der Waals surface area (Å²) in [6.07, 6.45) is 0. The maximum Gasteiger partial charge on any atom is 0.255 e. The first-order chi connectivity index (χ1) is 16.9. The number of hydrogen-bond acceptors (Lipinski definition) is 5. The van der Waals surface area contributed by atoms with Crippen molar-refractivity contribution in [2.45, 2.75) is 21.3 Å². The predicted molar refractivity (Wildman–Crippen MR) is 149 cm³/mol. The Morgan fingerprint density at radius 1 is 0.861 bits per heavy atom. The number of hydrogen-bond donors (Lipinski definition) is 3. The number of anilines is 2. The van der Waals surface area contributed by atoms with E-state index in [9.17, 15) is 9.90 Å². The van der Waals surface area contributed by atoms with Gasteiger partial charge in [0.25, 0.3) is 5.91 Å². The van der Waals surface area contributed by atoms with E-state index in [1.807, 2.05) is 74.5 Å². The number of phenolic OH excluding ortho intramolecular Hbond substituents is 1. The molecule has 0 spiro atoms. The Balaban J connectivity index is 0.00000304. The molecule has 0 saturated heterocycles. The normalized spacial score (nSPS) is 11.1. The minimum atomic E-state index is -0.296. The second kappa shape index (κ2) is 9.88. The molecule has 4 N–H and O–H groups in total. The monoisotopic (exact) mass is 476 g/mol. The summed E-state index contributed by atoms with van der Waals surface area (Å²) in [6.45, 7) is 3.82. The van der Waals surface area contributed by atoms with Gasteiger partial charge >= 0.3 is 0 Å². The molecule has 6 heteroatoms. The summed E-state index contributed by atoms with van der Waals surface area (Å²) in [4.78, 5) is 12.9. The minimum absolute atomic E-state index is 0. The quantitative estimate of drug-likeness (QED) is 0.180. The molecule has 36 heavy (non-hydrogen) atoms. The number of nitrogens with one attached hydrogen (secondary N) is 1. The number of aromatic hydroxyl groups is 1. The molecule has 0 bridgehead atoms. The van der Waals surface area contributed by atoms with E-state index in [0.717, 1.165) is 27.3 Å². The molecule has 0 aliphatic carbocycles. The largest absolute Gasteiger partial charge is 0.505 e. The third kappa shape index (κ3) is 4.61. The third-order valence-corrected chi connectivity index (χ3v) is 5.97. The van der Waals surface area contributed by atoms with Crippen LogP contribution in [0.1, 0.15) is 28.9 Å². The second-order valence-corrected chi connectivity index (χ2v) is 8.58. The smallest absolute Gasteiger partial charge is 0.255 e. The molecule has 0 radical (unpaired) electrons. The summed E-state index contributed by atoms with van der Waals surface area (Å²) >= 11 is 0. The van der Waals surface area contributed by atoms with Crippen molar-refractivity contribution in [1.29, 1.82) is 0 Å². The van der Waals surface area contributed by atoms with E-state index in [2.05, 4.69) is 15.5 Å². The van der Waals surface area contributed by atoms with Gasteiger partial charge in [-0.1, -0.05) is 49.9 Å². The van der Waals surface area contributed by atoms with Crippen LogP contribution < -0.4 is 11.1 Å². The Morgan fingerprint density at radius 2 is 1.58 bits per heavy atom. The third-order valence-electron chi connectivity index (χ3n) is 5.97. The van der Waals surface area contributed by atoms with Crippen molar-refractivity contribution < 1.29 is 9.90 Å². The van der Waals surface area contributed by atoms with Gasteiger partial charge in [-0.25, -0.2) is 0 Å². The van der Waals surface area contributed by atoms with Crippen LogP contribution in [0.25, 0.3) is 21.5 Å². The average molecular weight is 477 g/mol. The topological polar surface area (TPSA) is 100 Å². The molecule has 5 aromatic carbocycles. The number of carbonyl (C=O) groups excluding carboxylic acids is 1. The summed E-state index contributed by atoms with van der Waals surface area (Å²) in [7, 11) is 0. The molecule has 0 heterocycles. The van der Waals surface area contributed by atoms with Crippen LogP contribution >= 0.6 is 0 Å². The van der Waals surface area contributed by atoms with Crippen LogP contribution in [0.5, 0.6) is 5.75 Å². The molecule has 1 amide bonds. The number of nitrogen functional groups attached to an aromatic ring is 1. The highest BCUT2D eigenvalue weighted by Crippen LogP contribution is 2.43. The van der Waals surface area contributed by atoms with Crippen LogP contribution in [0.2, 0.25) is 0 Å². The number of fused-ring (bicyclic) bond motifs is 2. The van der Waals surface area contributed by atoms with Crippen molar-refractivity contribution >= 4 is 50.2 Å². The Hall–Kier alpha value is -4.71. The molecule has 0 unspecified atom stereocenters. The molecule has 6 nitrogen and oxygen atoms in total. The van der Waals surface area contributed by atoms with Gasteiger partial charge in [-0.2, -0.15) is 0 Å². The molecule has 0 aliphatic heterocycles. The molecule has 0 aliphatic rings. The highest BCUT2D eigenvalue weighted by atomic mass is 16.3. The lowest BCUT2D eigenvalue weighted by Gasteiger charge is -2.14. The Bertz CT molecular complexity index is 1620. The summed E-state index contributed by atoms with van der Waals surface area (Å²) in [6, 6.07) is 26.2. The van der Waals surface area contributed by atoms with Crippen LogP contribution in [-0.4, -0.2) is 11.0 Å². The molecule has 0 saturated carbocycles. The van der Waals surface area contributed by atoms with Crippen molar-refractivity contribution in [2.75, 3.05) is 11.1 Å². The van der Waals surface area contributed by atoms with Crippen molar-refractivity contribution in [1.82, 2.24) is 0 Å². The van der Waals surface area contributed by atoms with Gasteiger partial charge in [0.2, 0.25) is 0 Å². The van der Waals surface area contributed by atoms with Gasteiger partial charge in [-0.05, 0) is 78.2 Å². The number of nitrogens with zero attached hydrogens (tertiary/aromatic N) is 2. The van der Waals surface area contributed by atoms with Gasteiger partial charge in [-0.3, -0.25) is 4.79 Å². The zero-order chi connectivity index (χ0) is 24.5. The maximum absolute atomic E-state index is 12.9. The van der Waals surface area contributed by atoms with Crippen molar-refractivity contribution in [3.63, 3.8) is 0 Å². The zero-order valence-electron chi connectivity index (χ0n) is 19.4. The fraction of sp³-hybridized carbons (Fsp3) is 0.100. The Morgan fingerprint density at radius 3 is 2.36 bits per heavy atom. The number of nitrogens with two attached hydrogens (primary N) is 1. The van der Waals surface area contributed by atoms with Crippen LogP contribution in [0.4, 0.5) is 22.7 Å². The highest BCUT2D eigenvalue weighted by molar-refractivity contribution is 6.12. The van der Waals surface area contributed by atoms with Gasteiger partial charge < -0.3 is 16.2 Å². The molecule has 180 valence electrons. The molecule has 0 fully saturated rings. The van der Waals surface area contributed by atoms with Crippen molar-refractivity contribution in [2.24, 2.45) is 10.2 Å². The first-order valence-electron chi connectivity index (χ1n) is 11.2. The standard InChI is InChI=1S/C29H24N4O2.CH4/c1-17-14-21-16-18(2)27(33-32-24-9-5-7-19-6-3-4-8-23(19)24)28(34)26(21)25(15-17)31-29(35)20-10-12-22(30)13-11-20;/h3-16,34H,30H2,1-2H3,(H,31,35);1H4. The fourth-order valence-electron chi connectivity index (χ4n) is 4.25. The van der Waals surface area contributed by atoms with Crippen LogP contribution in [0.15, 0.2) is 95.2 Å². The van der Waals surface area contributed by atoms with Crippen molar-refractivity contribution in [3.05, 3.63) is 102 Å². The highest BCUT2D eigenvalue weighted by Gasteiger charge is 2.17. The number of benzene rings is 5. The summed E-state index contributed by atoms with van der Waals surface area (Å²) in [5, 5.41) is 26.5. The lowest BCUT2D eigenvalue weighted by atomic mass is 10.00. The predicted octanol–water partition coefficient (Wildman–Crippen LogP) is 8.20. The van der Waals surface area contributed by atoms with Gasteiger partial charge in [0, 0.05) is 22.0 Å². The first kappa shape index (κ1) is 24.4. The SMILES string of the molecule is C.Cc1cc(NC(=O)c2ccc(N)cc2)c2c(O)c(N=Nc3cccc4ccccc34)c(C)cc2c1. The molecular formula is C30H28N4O2. The number of phenols is 1. The Labute approximate surface area is 210 Å². The van der Waals surface area contributed by atoms with E-state index >= 15 is 0 Å². The van der Waals surface area contributed by atoms with E-state index in [4.69, 9.17) is 5.73 Å². The maximum atomic E-state index is 12.9. The summed E-state index contributed by atoms with van der Waals surface area (Å²) in [5.74, 6) is -0.326. The van der Waals surface area contributed by atoms with E-state index in [1.54, 1.807) is 24.3 Å². The van der Waals surface area contributed by atoms with Crippen LogP contribution in [-0.2, 0) is 0 Å². The molecule has 0 atom stereocenters. The van der Waals surface area contributed by atoms with Crippen LogP contribution in [0, 0.1) is 13.8 Å². The number of carbonyl (C=O) groups is 1. The number of amides is 1. The Kier molecular flexibility index (Phi) is 6.70. The van der Waals surface area contributed by atoms with Gasteiger partial charge in [0.1, 0.15) is 5.69 Å². The van der Waals surface area contributed by atoms with E-state index in [-0.39, 0.29) is 19.1 Å². The lowest BCUT2D eigenvalue weighted by molar-refractivity contribution is 0.102. The summed E-state index contributed by atoms with van der Waals surface area (Å²) in [5.41, 5.74) is 10.1. The zero-order valence-corrected chi connectivity index (χ0v) is 19.4. The molecule has 5 aromatic rings. The van der Waals surface area contributed by atoms with E-state index in [1.165, 1.54) is 0 Å². The number of aryl methyl sites for hydroxylation is 2. The van der Waals surface area contributed by atoms with Gasteiger partial charge in [-0.15, -0.1) is 10.2 Å². The molecule has 0 aromatic heterocycles.